The molecule has 0 aliphatic carbocycles. The van der Waals surface area contributed by atoms with Gasteiger partial charge in [0.2, 0.25) is 11.2 Å². The minimum atomic E-state index is -0.189. The fourth-order valence-electron chi connectivity index (χ4n) is 1.39. The molecule has 0 fully saturated rings. The van der Waals surface area contributed by atoms with Gasteiger partial charge in [0, 0.05) is 6.20 Å². The molecule has 0 bridgehead atoms. The molecule has 0 radical (unpaired) electrons. The van der Waals surface area contributed by atoms with E-state index in [9.17, 15) is 4.79 Å². The van der Waals surface area contributed by atoms with E-state index in [0.29, 0.717) is 12.4 Å². The summed E-state index contributed by atoms with van der Waals surface area (Å²) in [4.78, 5) is 19.2. The van der Waals surface area contributed by atoms with E-state index < -0.39 is 0 Å². The molecule has 0 saturated heterocycles. The smallest absolute Gasteiger partial charge is 0.228 e. The topological polar surface area (TPSA) is 64.1 Å². The first-order chi connectivity index (χ1) is 9.24. The van der Waals surface area contributed by atoms with Gasteiger partial charge in [0.1, 0.15) is 11.6 Å². The molecule has 0 saturated carbocycles. The summed E-state index contributed by atoms with van der Waals surface area (Å²) < 4.78 is 5.42. The van der Waals surface area contributed by atoms with Crippen LogP contribution in [0.4, 0.5) is 5.82 Å². The maximum Gasteiger partial charge on any atom is 0.228 e. The van der Waals surface area contributed by atoms with Crippen molar-refractivity contribution in [3.8, 4) is 5.75 Å². The van der Waals surface area contributed by atoms with Crippen LogP contribution in [-0.2, 0) is 4.79 Å². The molecule has 2 rings (SSSR count). The van der Waals surface area contributed by atoms with Crippen molar-refractivity contribution in [2.75, 3.05) is 11.9 Å². The number of carbonyl (C=O) groups is 1. The molecule has 19 heavy (non-hydrogen) atoms. The van der Waals surface area contributed by atoms with Gasteiger partial charge in [0.05, 0.1) is 13.0 Å². The number of benzene rings is 1. The standard InChI is InChI=1S/C13H12ClN3O2/c14-13-15-8-6-11(17-13)16-12(18)7-9-19-10-4-2-1-3-5-10/h1-6,8H,7,9H2,(H,15,16,17,18). The molecule has 6 heteroatoms. The van der Waals surface area contributed by atoms with Crippen LogP contribution in [-0.4, -0.2) is 22.5 Å². The molecular weight excluding hydrogens is 266 g/mol. The minimum Gasteiger partial charge on any atom is -0.493 e. The summed E-state index contributed by atoms with van der Waals surface area (Å²) in [7, 11) is 0. The minimum absolute atomic E-state index is 0.0957. The zero-order chi connectivity index (χ0) is 13.5. The number of aromatic nitrogens is 2. The molecule has 1 aromatic heterocycles. The normalized spacial score (nSPS) is 9.95. The molecule has 5 nitrogen and oxygen atoms in total. The number of halogens is 1. The molecule has 1 heterocycles. The highest BCUT2D eigenvalue weighted by atomic mass is 35.5. The van der Waals surface area contributed by atoms with Crippen molar-refractivity contribution in [3.05, 3.63) is 47.9 Å². The number of nitrogens with zero attached hydrogens (tertiary/aromatic N) is 2. The van der Waals surface area contributed by atoms with E-state index >= 15 is 0 Å². The number of para-hydroxylation sites is 1. The molecule has 0 aliphatic rings. The number of amides is 1. The molecule has 0 unspecified atom stereocenters. The maximum absolute atomic E-state index is 11.6. The van der Waals surface area contributed by atoms with Crippen LogP contribution in [0.2, 0.25) is 5.28 Å². The first kappa shape index (κ1) is 13.3. The summed E-state index contributed by atoms with van der Waals surface area (Å²) in [6.45, 7) is 0.300. The van der Waals surface area contributed by atoms with Crippen molar-refractivity contribution in [1.82, 2.24) is 9.97 Å². The Labute approximate surface area is 115 Å². The molecule has 1 N–H and O–H groups in total. The van der Waals surface area contributed by atoms with Crippen LogP contribution in [0.25, 0.3) is 0 Å². The Morgan fingerprint density at radius 3 is 2.79 bits per heavy atom. The second kappa shape index (κ2) is 6.70. The Morgan fingerprint density at radius 2 is 2.05 bits per heavy atom. The predicted octanol–water partition coefficient (Wildman–Crippen LogP) is 2.54. The second-order valence-electron chi connectivity index (χ2n) is 3.67. The van der Waals surface area contributed by atoms with Gasteiger partial charge in [0.15, 0.2) is 0 Å². The van der Waals surface area contributed by atoms with E-state index in [1.165, 1.54) is 6.20 Å². The van der Waals surface area contributed by atoms with E-state index in [1.54, 1.807) is 6.07 Å². The van der Waals surface area contributed by atoms with Gasteiger partial charge in [-0.05, 0) is 29.8 Å². The quantitative estimate of drug-likeness (QED) is 0.853. The van der Waals surface area contributed by atoms with Gasteiger partial charge in [0.25, 0.3) is 0 Å². The Morgan fingerprint density at radius 1 is 1.26 bits per heavy atom. The number of rotatable bonds is 5. The van der Waals surface area contributed by atoms with Crippen LogP contribution < -0.4 is 10.1 Å². The summed E-state index contributed by atoms with van der Waals surface area (Å²) in [6, 6.07) is 10.9. The Balaban J connectivity index is 1.76. The summed E-state index contributed by atoms with van der Waals surface area (Å²) >= 11 is 5.61. The Bertz CT molecular complexity index is 549. The average molecular weight is 278 g/mol. The summed E-state index contributed by atoms with van der Waals surface area (Å²) in [6.07, 6.45) is 1.71. The second-order valence-corrected chi connectivity index (χ2v) is 4.01. The number of anilines is 1. The molecule has 0 aliphatic heterocycles. The number of ether oxygens (including phenoxy) is 1. The number of hydrogen-bond acceptors (Lipinski definition) is 4. The molecule has 1 amide bonds. The average Bonchev–Trinajstić information content (AvgIpc) is 2.40. The van der Waals surface area contributed by atoms with Crippen LogP contribution in [0.5, 0.6) is 5.75 Å². The lowest BCUT2D eigenvalue weighted by molar-refractivity contribution is -0.116. The largest absolute Gasteiger partial charge is 0.493 e. The van der Waals surface area contributed by atoms with Gasteiger partial charge in [-0.3, -0.25) is 4.79 Å². The zero-order valence-electron chi connectivity index (χ0n) is 10.0. The van der Waals surface area contributed by atoms with Gasteiger partial charge in [-0.1, -0.05) is 18.2 Å². The fraction of sp³-hybridized carbons (Fsp3) is 0.154. The summed E-state index contributed by atoms with van der Waals surface area (Å²) in [5.74, 6) is 0.927. The number of hydrogen-bond donors (Lipinski definition) is 1. The van der Waals surface area contributed by atoms with Crippen LogP contribution in [0.15, 0.2) is 42.6 Å². The number of carbonyl (C=O) groups excluding carboxylic acids is 1. The van der Waals surface area contributed by atoms with Crippen molar-refractivity contribution in [1.29, 1.82) is 0 Å². The van der Waals surface area contributed by atoms with E-state index in [4.69, 9.17) is 16.3 Å². The van der Waals surface area contributed by atoms with Gasteiger partial charge in [-0.2, -0.15) is 0 Å². The summed E-state index contributed by atoms with van der Waals surface area (Å²) in [5, 5.41) is 2.71. The third-order valence-corrected chi connectivity index (χ3v) is 2.42. The van der Waals surface area contributed by atoms with Crippen molar-refractivity contribution < 1.29 is 9.53 Å². The maximum atomic E-state index is 11.6. The predicted molar refractivity (Wildman–Crippen MR) is 72.2 cm³/mol. The molecule has 0 atom stereocenters. The lowest BCUT2D eigenvalue weighted by Gasteiger charge is -2.06. The van der Waals surface area contributed by atoms with E-state index in [-0.39, 0.29) is 17.6 Å². The highest BCUT2D eigenvalue weighted by molar-refractivity contribution is 6.28. The lowest BCUT2D eigenvalue weighted by Crippen LogP contribution is -2.16. The summed E-state index contributed by atoms with van der Waals surface area (Å²) in [5.41, 5.74) is 0. The van der Waals surface area contributed by atoms with Gasteiger partial charge >= 0.3 is 0 Å². The zero-order valence-corrected chi connectivity index (χ0v) is 10.8. The first-order valence-electron chi connectivity index (χ1n) is 5.70. The third-order valence-electron chi connectivity index (χ3n) is 2.23. The van der Waals surface area contributed by atoms with Crippen molar-refractivity contribution >= 4 is 23.3 Å². The fourth-order valence-corrected chi connectivity index (χ4v) is 1.54. The van der Waals surface area contributed by atoms with Gasteiger partial charge < -0.3 is 10.1 Å². The van der Waals surface area contributed by atoms with E-state index in [1.807, 2.05) is 30.3 Å². The lowest BCUT2D eigenvalue weighted by atomic mass is 10.3. The Kier molecular flexibility index (Phi) is 4.69. The molecular formula is C13H12ClN3O2. The third kappa shape index (κ3) is 4.56. The molecule has 1 aromatic carbocycles. The van der Waals surface area contributed by atoms with Crippen molar-refractivity contribution in [3.63, 3.8) is 0 Å². The monoisotopic (exact) mass is 277 g/mol. The van der Waals surface area contributed by atoms with Gasteiger partial charge in [-0.25, -0.2) is 9.97 Å². The SMILES string of the molecule is O=C(CCOc1ccccc1)Nc1ccnc(Cl)n1. The van der Waals surface area contributed by atoms with E-state index in [0.717, 1.165) is 5.75 Å². The molecule has 2 aromatic rings. The first-order valence-corrected chi connectivity index (χ1v) is 6.08. The molecule has 0 spiro atoms. The highest BCUT2D eigenvalue weighted by Gasteiger charge is 2.04. The van der Waals surface area contributed by atoms with Gasteiger partial charge in [-0.15, -0.1) is 0 Å². The highest BCUT2D eigenvalue weighted by Crippen LogP contribution is 2.09. The Hall–Kier alpha value is -2.14. The molecule has 98 valence electrons. The van der Waals surface area contributed by atoms with Crippen molar-refractivity contribution in [2.24, 2.45) is 0 Å². The van der Waals surface area contributed by atoms with Crippen LogP contribution in [0.3, 0.4) is 0 Å². The van der Waals surface area contributed by atoms with Crippen LogP contribution >= 0.6 is 11.6 Å². The van der Waals surface area contributed by atoms with Crippen molar-refractivity contribution in [2.45, 2.75) is 6.42 Å². The van der Waals surface area contributed by atoms with Crippen LogP contribution in [0, 0.1) is 0 Å². The number of nitrogens with one attached hydrogen (secondary N) is 1. The van der Waals surface area contributed by atoms with E-state index in [2.05, 4.69) is 15.3 Å². The van der Waals surface area contributed by atoms with Crippen LogP contribution in [0.1, 0.15) is 6.42 Å².